The standard InChI is InChI=1S/C16H25N/c1-4-7-16-15-9-6-5-8-14(15)13(11-17-16)10-12(2)3/h5-6,8-9,12-13,16-17H,4,7,10-11H2,1-3H3. The topological polar surface area (TPSA) is 12.0 Å². The molecule has 0 aliphatic carbocycles. The maximum Gasteiger partial charge on any atom is 0.0323 e. The average molecular weight is 231 g/mol. The third-order valence-corrected chi connectivity index (χ3v) is 3.76. The van der Waals surface area contributed by atoms with E-state index in [1.165, 1.54) is 19.3 Å². The Morgan fingerprint density at radius 3 is 2.59 bits per heavy atom. The van der Waals surface area contributed by atoms with Crippen LogP contribution in [-0.4, -0.2) is 6.54 Å². The van der Waals surface area contributed by atoms with Gasteiger partial charge in [-0.3, -0.25) is 0 Å². The molecule has 0 spiro atoms. The summed E-state index contributed by atoms with van der Waals surface area (Å²) in [5, 5.41) is 3.73. The molecule has 1 aromatic carbocycles. The van der Waals surface area contributed by atoms with Crippen LogP contribution < -0.4 is 5.32 Å². The van der Waals surface area contributed by atoms with Crippen LogP contribution in [0.5, 0.6) is 0 Å². The lowest BCUT2D eigenvalue weighted by Gasteiger charge is -2.33. The molecular weight excluding hydrogens is 206 g/mol. The Bertz CT molecular complexity index is 356. The Labute approximate surface area is 106 Å². The molecule has 0 amide bonds. The van der Waals surface area contributed by atoms with E-state index in [9.17, 15) is 0 Å². The second-order valence-electron chi connectivity index (χ2n) is 5.70. The molecule has 1 heteroatoms. The van der Waals surface area contributed by atoms with E-state index >= 15 is 0 Å². The Hall–Kier alpha value is -0.820. The smallest absolute Gasteiger partial charge is 0.0323 e. The maximum atomic E-state index is 3.73. The minimum absolute atomic E-state index is 0.583. The molecule has 1 aromatic rings. The van der Waals surface area contributed by atoms with Crippen LogP contribution in [0.3, 0.4) is 0 Å². The number of benzene rings is 1. The fourth-order valence-electron chi connectivity index (χ4n) is 3.03. The monoisotopic (exact) mass is 231 g/mol. The quantitative estimate of drug-likeness (QED) is 0.816. The highest BCUT2D eigenvalue weighted by molar-refractivity contribution is 5.35. The zero-order valence-electron chi connectivity index (χ0n) is 11.4. The van der Waals surface area contributed by atoms with Gasteiger partial charge in [0.2, 0.25) is 0 Å². The number of fused-ring (bicyclic) bond motifs is 1. The third kappa shape index (κ3) is 2.90. The average Bonchev–Trinajstić information content (AvgIpc) is 2.32. The van der Waals surface area contributed by atoms with Gasteiger partial charge in [0, 0.05) is 12.6 Å². The van der Waals surface area contributed by atoms with E-state index in [2.05, 4.69) is 50.4 Å². The Morgan fingerprint density at radius 1 is 1.24 bits per heavy atom. The van der Waals surface area contributed by atoms with Gasteiger partial charge in [0.15, 0.2) is 0 Å². The van der Waals surface area contributed by atoms with Crippen LogP contribution in [0.2, 0.25) is 0 Å². The molecule has 1 aliphatic rings. The zero-order chi connectivity index (χ0) is 12.3. The lowest BCUT2D eigenvalue weighted by atomic mass is 9.81. The van der Waals surface area contributed by atoms with Gasteiger partial charge in [-0.1, -0.05) is 51.5 Å². The molecule has 0 fully saturated rings. The predicted octanol–water partition coefficient (Wildman–Crippen LogP) is 4.26. The molecule has 94 valence electrons. The van der Waals surface area contributed by atoms with Crippen LogP contribution >= 0.6 is 0 Å². The normalized spacial score (nSPS) is 23.8. The first-order chi connectivity index (χ1) is 8.22. The van der Waals surface area contributed by atoms with Crippen LogP contribution in [0.15, 0.2) is 24.3 Å². The maximum absolute atomic E-state index is 3.73. The van der Waals surface area contributed by atoms with E-state index in [0.29, 0.717) is 12.0 Å². The predicted molar refractivity (Wildman–Crippen MR) is 74.3 cm³/mol. The highest BCUT2D eigenvalue weighted by Gasteiger charge is 2.25. The van der Waals surface area contributed by atoms with Crippen LogP contribution in [0.1, 0.15) is 63.1 Å². The molecule has 2 atom stereocenters. The molecule has 1 N–H and O–H groups in total. The summed E-state index contributed by atoms with van der Waals surface area (Å²) in [6, 6.07) is 9.61. The molecule has 0 saturated heterocycles. The summed E-state index contributed by atoms with van der Waals surface area (Å²) in [4.78, 5) is 0. The van der Waals surface area contributed by atoms with Gasteiger partial charge in [0.05, 0.1) is 0 Å². The first-order valence-electron chi connectivity index (χ1n) is 7.04. The van der Waals surface area contributed by atoms with Crippen LogP contribution in [0, 0.1) is 5.92 Å². The summed E-state index contributed by atoms with van der Waals surface area (Å²) < 4.78 is 0. The van der Waals surface area contributed by atoms with Crippen molar-refractivity contribution in [2.24, 2.45) is 5.92 Å². The largest absolute Gasteiger partial charge is 0.309 e. The summed E-state index contributed by atoms with van der Waals surface area (Å²) in [5.74, 6) is 1.48. The lowest BCUT2D eigenvalue weighted by molar-refractivity contribution is 0.391. The first kappa shape index (κ1) is 12.6. The van der Waals surface area contributed by atoms with Crippen molar-refractivity contribution in [1.82, 2.24) is 5.32 Å². The minimum Gasteiger partial charge on any atom is -0.309 e. The van der Waals surface area contributed by atoms with E-state index in [4.69, 9.17) is 0 Å². The summed E-state index contributed by atoms with van der Waals surface area (Å²) in [6.45, 7) is 8.06. The van der Waals surface area contributed by atoms with Crippen LogP contribution in [0.4, 0.5) is 0 Å². The molecule has 17 heavy (non-hydrogen) atoms. The summed E-state index contributed by atoms with van der Waals surface area (Å²) in [7, 11) is 0. The van der Waals surface area contributed by atoms with Gasteiger partial charge in [-0.2, -0.15) is 0 Å². The van der Waals surface area contributed by atoms with Crippen molar-refractivity contribution in [2.45, 2.75) is 52.0 Å². The minimum atomic E-state index is 0.583. The van der Waals surface area contributed by atoms with E-state index in [-0.39, 0.29) is 0 Å². The molecule has 2 rings (SSSR count). The van der Waals surface area contributed by atoms with Crippen molar-refractivity contribution in [2.75, 3.05) is 6.54 Å². The summed E-state index contributed by atoms with van der Waals surface area (Å²) in [5.41, 5.74) is 3.14. The van der Waals surface area contributed by atoms with Gasteiger partial charge in [-0.05, 0) is 35.8 Å². The second-order valence-corrected chi connectivity index (χ2v) is 5.70. The molecule has 1 heterocycles. The summed E-state index contributed by atoms with van der Waals surface area (Å²) in [6.07, 6.45) is 3.80. The fraction of sp³-hybridized carbons (Fsp3) is 0.625. The number of hydrogen-bond donors (Lipinski definition) is 1. The van der Waals surface area contributed by atoms with E-state index in [1.54, 1.807) is 11.1 Å². The summed E-state index contributed by atoms with van der Waals surface area (Å²) >= 11 is 0. The Kier molecular flexibility index (Phi) is 4.22. The Balaban J connectivity index is 2.23. The van der Waals surface area contributed by atoms with E-state index in [1.807, 2.05) is 0 Å². The molecular formula is C16H25N. The van der Waals surface area contributed by atoms with Gasteiger partial charge in [-0.25, -0.2) is 0 Å². The van der Waals surface area contributed by atoms with Crippen molar-refractivity contribution < 1.29 is 0 Å². The number of nitrogens with one attached hydrogen (secondary N) is 1. The first-order valence-corrected chi connectivity index (χ1v) is 7.04. The molecule has 0 bridgehead atoms. The molecule has 0 saturated carbocycles. The fourth-order valence-corrected chi connectivity index (χ4v) is 3.03. The second kappa shape index (κ2) is 5.68. The molecule has 0 aromatic heterocycles. The Morgan fingerprint density at radius 2 is 1.94 bits per heavy atom. The zero-order valence-corrected chi connectivity index (χ0v) is 11.4. The SMILES string of the molecule is CCCC1NCC(CC(C)C)c2ccccc21. The van der Waals surface area contributed by atoms with Gasteiger partial charge >= 0.3 is 0 Å². The van der Waals surface area contributed by atoms with Crippen molar-refractivity contribution in [3.05, 3.63) is 35.4 Å². The van der Waals surface area contributed by atoms with Crippen molar-refractivity contribution in [3.63, 3.8) is 0 Å². The lowest BCUT2D eigenvalue weighted by Crippen LogP contribution is -2.33. The van der Waals surface area contributed by atoms with Crippen LogP contribution in [0.25, 0.3) is 0 Å². The molecule has 2 unspecified atom stereocenters. The number of hydrogen-bond acceptors (Lipinski definition) is 1. The molecule has 0 radical (unpaired) electrons. The van der Waals surface area contributed by atoms with Gasteiger partial charge in [0.1, 0.15) is 0 Å². The van der Waals surface area contributed by atoms with Crippen LogP contribution in [-0.2, 0) is 0 Å². The van der Waals surface area contributed by atoms with Gasteiger partial charge in [-0.15, -0.1) is 0 Å². The highest BCUT2D eigenvalue weighted by Crippen LogP contribution is 2.35. The third-order valence-electron chi connectivity index (χ3n) is 3.76. The van der Waals surface area contributed by atoms with Gasteiger partial charge < -0.3 is 5.32 Å². The van der Waals surface area contributed by atoms with E-state index in [0.717, 1.165) is 12.5 Å². The molecule has 1 aliphatic heterocycles. The van der Waals surface area contributed by atoms with Gasteiger partial charge in [0.25, 0.3) is 0 Å². The highest BCUT2D eigenvalue weighted by atomic mass is 14.9. The van der Waals surface area contributed by atoms with Crippen molar-refractivity contribution in [3.8, 4) is 0 Å². The van der Waals surface area contributed by atoms with Crippen molar-refractivity contribution >= 4 is 0 Å². The van der Waals surface area contributed by atoms with E-state index < -0.39 is 0 Å². The number of rotatable bonds is 4. The van der Waals surface area contributed by atoms with Crippen molar-refractivity contribution in [1.29, 1.82) is 0 Å². The molecule has 1 nitrogen and oxygen atoms in total.